The van der Waals surface area contributed by atoms with Gasteiger partial charge < -0.3 is 15.2 Å². The Balaban J connectivity index is 1.46. The molecule has 2 N–H and O–H groups in total. The van der Waals surface area contributed by atoms with Gasteiger partial charge in [-0.1, -0.05) is 24.3 Å². The predicted molar refractivity (Wildman–Crippen MR) is 135 cm³/mol. The molecule has 0 spiro atoms. The fraction of sp³-hybridized carbons (Fsp3) is 0.308. The van der Waals surface area contributed by atoms with Gasteiger partial charge in [-0.05, 0) is 30.7 Å². The van der Waals surface area contributed by atoms with E-state index in [9.17, 15) is 23.1 Å². The number of hydrogen-bond acceptors (Lipinski definition) is 6. The Morgan fingerprint density at radius 3 is 2.68 bits per heavy atom. The number of carbonyl (C=O) groups is 1. The van der Waals surface area contributed by atoms with Gasteiger partial charge in [0, 0.05) is 44.4 Å². The SMILES string of the molecule is C[C@@H](Oc1cc(-n2cnc3ccc(CN4CCNCC4)cc32)sc1C(=O)O)c1ccccc1C(F)(F)F. The topological polar surface area (TPSA) is 79.6 Å². The van der Waals surface area contributed by atoms with Crippen molar-refractivity contribution in [3.8, 4) is 10.8 Å². The Kier molecular flexibility index (Phi) is 6.93. The molecule has 2 aromatic heterocycles. The second-order valence-electron chi connectivity index (χ2n) is 8.89. The number of aromatic nitrogens is 2. The number of halogens is 3. The summed E-state index contributed by atoms with van der Waals surface area (Å²) in [7, 11) is 0. The predicted octanol–water partition coefficient (Wildman–Crippen LogP) is 5.35. The van der Waals surface area contributed by atoms with Crippen molar-refractivity contribution in [1.82, 2.24) is 19.8 Å². The van der Waals surface area contributed by atoms with Crippen molar-refractivity contribution >= 4 is 28.3 Å². The number of fused-ring (bicyclic) bond motifs is 1. The van der Waals surface area contributed by atoms with Crippen LogP contribution in [0.1, 0.15) is 39.4 Å². The van der Waals surface area contributed by atoms with Crippen LogP contribution in [0.5, 0.6) is 5.75 Å². The molecule has 1 aliphatic heterocycles. The third-order valence-electron chi connectivity index (χ3n) is 6.35. The van der Waals surface area contributed by atoms with Crippen molar-refractivity contribution in [2.45, 2.75) is 25.7 Å². The quantitative estimate of drug-likeness (QED) is 0.336. The second kappa shape index (κ2) is 10.2. The lowest BCUT2D eigenvalue weighted by atomic mass is 10.0. The number of piperazine rings is 1. The van der Waals surface area contributed by atoms with Crippen molar-refractivity contribution in [3.05, 3.63) is 76.4 Å². The summed E-state index contributed by atoms with van der Waals surface area (Å²) in [6.45, 7) is 6.08. The zero-order chi connectivity index (χ0) is 26.2. The highest BCUT2D eigenvalue weighted by Crippen LogP contribution is 2.39. The maximum atomic E-state index is 13.5. The normalized spacial score (nSPS) is 15.7. The molecule has 4 aromatic rings. The van der Waals surface area contributed by atoms with Crippen molar-refractivity contribution in [2.75, 3.05) is 26.2 Å². The average molecular weight is 531 g/mol. The van der Waals surface area contributed by atoms with Gasteiger partial charge in [0.05, 0.1) is 16.6 Å². The Labute approximate surface area is 215 Å². The van der Waals surface area contributed by atoms with Crippen LogP contribution >= 0.6 is 11.3 Å². The number of ether oxygens (including phenoxy) is 1. The highest BCUT2D eigenvalue weighted by atomic mass is 32.1. The third kappa shape index (κ3) is 5.34. The zero-order valence-corrected chi connectivity index (χ0v) is 20.8. The fourth-order valence-electron chi connectivity index (χ4n) is 4.54. The van der Waals surface area contributed by atoms with Crippen molar-refractivity contribution in [3.63, 3.8) is 0 Å². The summed E-state index contributed by atoms with van der Waals surface area (Å²) in [5, 5.41) is 13.7. The molecule has 0 bridgehead atoms. The van der Waals surface area contributed by atoms with Crippen molar-refractivity contribution in [2.24, 2.45) is 0 Å². The zero-order valence-electron chi connectivity index (χ0n) is 20.0. The number of imidazole rings is 1. The number of nitrogens with one attached hydrogen (secondary N) is 1. The summed E-state index contributed by atoms with van der Waals surface area (Å²) in [4.78, 5) is 18.7. The minimum absolute atomic E-state index is 0.01000. The maximum absolute atomic E-state index is 13.5. The summed E-state index contributed by atoms with van der Waals surface area (Å²) in [5.41, 5.74) is 1.80. The highest BCUT2D eigenvalue weighted by Gasteiger charge is 2.35. The molecule has 1 atom stereocenters. The molecule has 1 saturated heterocycles. The average Bonchev–Trinajstić information content (AvgIpc) is 3.48. The summed E-state index contributed by atoms with van der Waals surface area (Å²) in [6, 6.07) is 12.7. The number of aromatic carboxylic acids is 1. The van der Waals surface area contributed by atoms with Gasteiger partial charge in [-0.25, -0.2) is 9.78 Å². The molecule has 5 rings (SSSR count). The Bertz CT molecular complexity index is 1430. The van der Waals surface area contributed by atoms with E-state index in [1.54, 1.807) is 17.0 Å². The molecule has 0 aliphatic carbocycles. The molecule has 3 heterocycles. The van der Waals surface area contributed by atoms with Crippen LogP contribution in [0.3, 0.4) is 0 Å². The standard InChI is InChI=1S/C26H25F3N4O3S/c1-16(18-4-2-3-5-19(18)26(27,28)29)36-22-13-23(37-24(22)25(34)35)33-15-31-20-7-6-17(12-21(20)33)14-32-10-8-30-9-11-32/h2-7,12-13,15-16,30H,8-11,14H2,1H3,(H,34,35)/t16-/m1/s1. The Morgan fingerprint density at radius 1 is 1.19 bits per heavy atom. The molecule has 37 heavy (non-hydrogen) atoms. The van der Waals surface area contributed by atoms with Gasteiger partial charge in [-0.2, -0.15) is 13.2 Å². The van der Waals surface area contributed by atoms with E-state index in [1.807, 2.05) is 18.2 Å². The number of thiophene rings is 1. The molecule has 11 heteroatoms. The van der Waals surface area contributed by atoms with Gasteiger partial charge in [0.2, 0.25) is 0 Å². The first kappa shape index (κ1) is 25.2. The molecular formula is C26H25F3N4O3S. The van der Waals surface area contributed by atoms with E-state index in [2.05, 4.69) is 15.2 Å². The van der Waals surface area contributed by atoms with Gasteiger partial charge in [0.1, 0.15) is 23.2 Å². The maximum Gasteiger partial charge on any atom is 0.416 e. The lowest BCUT2D eigenvalue weighted by molar-refractivity contribution is -0.139. The van der Waals surface area contributed by atoms with Crippen LogP contribution in [0.2, 0.25) is 0 Å². The van der Waals surface area contributed by atoms with E-state index in [1.165, 1.54) is 25.1 Å². The summed E-state index contributed by atoms with van der Waals surface area (Å²) in [6.07, 6.45) is -3.96. The lowest BCUT2D eigenvalue weighted by Crippen LogP contribution is -2.42. The van der Waals surface area contributed by atoms with Gasteiger partial charge in [0.15, 0.2) is 4.88 Å². The first-order valence-corrected chi connectivity index (χ1v) is 12.6. The van der Waals surface area contributed by atoms with Gasteiger partial charge in [-0.3, -0.25) is 9.47 Å². The molecule has 1 aliphatic rings. The van der Waals surface area contributed by atoms with Gasteiger partial charge in [-0.15, -0.1) is 11.3 Å². The van der Waals surface area contributed by atoms with Gasteiger partial charge >= 0.3 is 12.1 Å². The van der Waals surface area contributed by atoms with Gasteiger partial charge in [0.25, 0.3) is 0 Å². The summed E-state index contributed by atoms with van der Waals surface area (Å²) in [5.74, 6) is -1.21. The smallest absolute Gasteiger partial charge is 0.416 e. The van der Waals surface area contributed by atoms with E-state index >= 15 is 0 Å². The number of alkyl halides is 3. The minimum Gasteiger partial charge on any atom is -0.484 e. The fourth-order valence-corrected chi connectivity index (χ4v) is 5.45. The molecule has 0 amide bonds. The van der Waals surface area contributed by atoms with Crippen LogP contribution < -0.4 is 10.1 Å². The number of carboxylic acids is 1. The molecule has 194 valence electrons. The third-order valence-corrected chi connectivity index (χ3v) is 7.46. The number of hydrogen-bond donors (Lipinski definition) is 2. The van der Waals surface area contributed by atoms with Crippen LogP contribution in [0.15, 0.2) is 54.9 Å². The summed E-state index contributed by atoms with van der Waals surface area (Å²) >= 11 is 0.986. The first-order chi connectivity index (χ1) is 17.7. The molecule has 0 unspecified atom stereocenters. The molecule has 1 fully saturated rings. The summed E-state index contributed by atoms with van der Waals surface area (Å²) < 4.78 is 48.1. The number of rotatable bonds is 7. The molecule has 7 nitrogen and oxygen atoms in total. The number of nitrogens with zero attached hydrogens (tertiary/aromatic N) is 3. The van der Waals surface area contributed by atoms with E-state index in [0.29, 0.717) is 5.00 Å². The molecule has 0 radical (unpaired) electrons. The van der Waals surface area contributed by atoms with E-state index in [0.717, 1.165) is 66.7 Å². The van der Waals surface area contributed by atoms with Crippen molar-refractivity contribution in [1.29, 1.82) is 0 Å². The van der Waals surface area contributed by atoms with Crippen LogP contribution in [-0.4, -0.2) is 51.7 Å². The highest BCUT2D eigenvalue weighted by molar-refractivity contribution is 7.16. The monoisotopic (exact) mass is 530 g/mol. The van der Waals surface area contributed by atoms with E-state index in [-0.39, 0.29) is 16.2 Å². The Hall–Kier alpha value is -3.41. The van der Waals surface area contributed by atoms with Crippen LogP contribution in [0.25, 0.3) is 16.0 Å². The minimum atomic E-state index is -4.55. The van der Waals surface area contributed by atoms with Crippen molar-refractivity contribution < 1.29 is 27.8 Å². The molecule has 0 saturated carbocycles. The van der Waals surface area contributed by atoms with E-state index < -0.39 is 23.8 Å². The van der Waals surface area contributed by atoms with Crippen LogP contribution in [-0.2, 0) is 12.7 Å². The lowest BCUT2D eigenvalue weighted by Gasteiger charge is -2.27. The largest absolute Gasteiger partial charge is 0.484 e. The number of benzene rings is 2. The molecule has 2 aromatic carbocycles. The Morgan fingerprint density at radius 2 is 1.95 bits per heavy atom. The van der Waals surface area contributed by atoms with E-state index in [4.69, 9.17) is 4.74 Å². The van der Waals surface area contributed by atoms with Crippen LogP contribution in [0.4, 0.5) is 13.2 Å². The van der Waals surface area contributed by atoms with Crippen LogP contribution in [0, 0.1) is 0 Å². The second-order valence-corrected chi connectivity index (χ2v) is 9.92. The number of carboxylic acid groups (broad SMARTS) is 1. The first-order valence-electron chi connectivity index (χ1n) is 11.8. The molecular weight excluding hydrogens is 505 g/mol.